The SMILES string of the molecule is O=C(N/N=C/c1[nH]c(=S)[nH]c(=O)c1Cc1ccc(Cl)cc1)c1ccccc1. The number of benzene rings is 2. The van der Waals surface area contributed by atoms with Crippen LogP contribution < -0.4 is 11.0 Å². The van der Waals surface area contributed by atoms with Crippen molar-refractivity contribution in [3.63, 3.8) is 0 Å². The van der Waals surface area contributed by atoms with Crippen molar-refractivity contribution in [2.24, 2.45) is 5.10 Å². The van der Waals surface area contributed by atoms with Gasteiger partial charge in [-0.3, -0.25) is 14.6 Å². The monoisotopic (exact) mass is 398 g/mol. The van der Waals surface area contributed by atoms with Crippen molar-refractivity contribution >= 4 is 35.9 Å². The van der Waals surface area contributed by atoms with Crippen molar-refractivity contribution in [1.82, 2.24) is 15.4 Å². The molecule has 1 amide bonds. The molecule has 0 fully saturated rings. The number of H-pyrrole nitrogens is 2. The maximum Gasteiger partial charge on any atom is 0.271 e. The normalized spacial score (nSPS) is 10.9. The van der Waals surface area contributed by atoms with E-state index >= 15 is 0 Å². The zero-order chi connectivity index (χ0) is 19.2. The minimum atomic E-state index is -0.352. The fraction of sp³-hybridized carbons (Fsp3) is 0.0526. The number of rotatable bonds is 5. The number of hydrogen-bond donors (Lipinski definition) is 3. The first-order valence-corrected chi connectivity index (χ1v) is 8.80. The van der Waals surface area contributed by atoms with Crippen molar-refractivity contribution in [1.29, 1.82) is 0 Å². The molecule has 3 N–H and O–H groups in total. The molecule has 8 heteroatoms. The van der Waals surface area contributed by atoms with Crippen LogP contribution in [0.15, 0.2) is 64.5 Å². The van der Waals surface area contributed by atoms with E-state index in [4.69, 9.17) is 23.8 Å². The zero-order valence-corrected chi connectivity index (χ0v) is 15.6. The van der Waals surface area contributed by atoms with Gasteiger partial charge < -0.3 is 4.98 Å². The Hall–Kier alpha value is -3.03. The third kappa shape index (κ3) is 4.99. The number of nitrogens with one attached hydrogen (secondary N) is 3. The molecule has 1 heterocycles. The molecular formula is C19H15ClN4O2S. The number of hydrogen-bond acceptors (Lipinski definition) is 4. The Morgan fingerprint density at radius 1 is 1.11 bits per heavy atom. The maximum absolute atomic E-state index is 12.3. The lowest BCUT2D eigenvalue weighted by atomic mass is 10.1. The molecule has 27 heavy (non-hydrogen) atoms. The highest BCUT2D eigenvalue weighted by atomic mass is 35.5. The Balaban J connectivity index is 1.84. The molecule has 0 aliphatic carbocycles. The number of carbonyl (C=O) groups excluding carboxylic acids is 1. The zero-order valence-electron chi connectivity index (χ0n) is 14.0. The second-order valence-electron chi connectivity index (χ2n) is 5.67. The summed E-state index contributed by atoms with van der Waals surface area (Å²) in [6.45, 7) is 0. The summed E-state index contributed by atoms with van der Waals surface area (Å²) >= 11 is 10.9. The van der Waals surface area contributed by atoms with Gasteiger partial charge in [-0.05, 0) is 42.0 Å². The van der Waals surface area contributed by atoms with E-state index in [0.29, 0.717) is 28.3 Å². The fourth-order valence-corrected chi connectivity index (χ4v) is 2.76. The molecule has 0 bridgehead atoms. The summed E-state index contributed by atoms with van der Waals surface area (Å²) in [5.41, 5.74) is 4.37. The largest absolute Gasteiger partial charge is 0.331 e. The predicted octanol–water partition coefficient (Wildman–Crippen LogP) is 3.44. The molecule has 0 aliphatic rings. The molecule has 0 saturated carbocycles. The second kappa shape index (κ2) is 8.57. The van der Waals surface area contributed by atoms with E-state index in [2.05, 4.69) is 20.5 Å². The summed E-state index contributed by atoms with van der Waals surface area (Å²) in [7, 11) is 0. The minimum absolute atomic E-state index is 0.177. The summed E-state index contributed by atoms with van der Waals surface area (Å²) < 4.78 is 0.177. The summed E-state index contributed by atoms with van der Waals surface area (Å²) in [5.74, 6) is -0.352. The van der Waals surface area contributed by atoms with Crippen LogP contribution in [0.3, 0.4) is 0 Å². The third-order valence-electron chi connectivity index (χ3n) is 3.76. The number of carbonyl (C=O) groups is 1. The van der Waals surface area contributed by atoms with Crippen LogP contribution in [0.5, 0.6) is 0 Å². The molecule has 0 saturated heterocycles. The second-order valence-corrected chi connectivity index (χ2v) is 6.51. The summed E-state index contributed by atoms with van der Waals surface area (Å²) in [6, 6.07) is 15.9. The van der Waals surface area contributed by atoms with Gasteiger partial charge in [0.1, 0.15) is 0 Å². The van der Waals surface area contributed by atoms with E-state index in [1.165, 1.54) is 6.21 Å². The van der Waals surface area contributed by atoms with Gasteiger partial charge >= 0.3 is 0 Å². The summed E-state index contributed by atoms with van der Waals surface area (Å²) in [5, 5.41) is 4.56. The number of aromatic nitrogens is 2. The molecule has 3 rings (SSSR count). The molecular weight excluding hydrogens is 384 g/mol. The smallest absolute Gasteiger partial charge is 0.271 e. The maximum atomic E-state index is 12.3. The van der Waals surface area contributed by atoms with E-state index in [-0.39, 0.29) is 16.2 Å². The highest BCUT2D eigenvalue weighted by molar-refractivity contribution is 7.71. The number of aromatic amines is 2. The number of nitrogens with zero attached hydrogens (tertiary/aromatic N) is 1. The van der Waals surface area contributed by atoms with E-state index in [9.17, 15) is 9.59 Å². The molecule has 2 aromatic carbocycles. The molecule has 0 unspecified atom stereocenters. The molecule has 0 aliphatic heterocycles. The Morgan fingerprint density at radius 3 is 2.52 bits per heavy atom. The number of hydrazone groups is 1. The van der Waals surface area contributed by atoms with Crippen LogP contribution >= 0.6 is 23.8 Å². The van der Waals surface area contributed by atoms with E-state index in [0.717, 1.165) is 5.56 Å². The predicted molar refractivity (Wildman–Crippen MR) is 108 cm³/mol. The van der Waals surface area contributed by atoms with Crippen molar-refractivity contribution in [2.45, 2.75) is 6.42 Å². The van der Waals surface area contributed by atoms with Gasteiger partial charge in [0.15, 0.2) is 4.77 Å². The lowest BCUT2D eigenvalue weighted by Gasteiger charge is -2.06. The highest BCUT2D eigenvalue weighted by Gasteiger charge is 2.09. The Bertz CT molecular complexity index is 1090. The third-order valence-corrected chi connectivity index (χ3v) is 4.22. The molecule has 136 valence electrons. The first-order chi connectivity index (χ1) is 13.0. The quantitative estimate of drug-likeness (QED) is 0.349. The van der Waals surface area contributed by atoms with Gasteiger partial charge in [-0.25, -0.2) is 5.43 Å². The molecule has 6 nitrogen and oxygen atoms in total. The standard InChI is InChI=1S/C19H15ClN4O2S/c20-14-8-6-12(7-9-14)10-15-16(22-19(27)23-18(15)26)11-21-24-17(25)13-4-2-1-3-5-13/h1-9,11H,10H2,(H,24,25)(H2,22,23,26,27)/b21-11+. The topological polar surface area (TPSA) is 90.1 Å². The molecule has 3 aromatic rings. The van der Waals surface area contributed by atoms with Gasteiger partial charge in [0.25, 0.3) is 11.5 Å². The van der Waals surface area contributed by atoms with Gasteiger partial charge in [0, 0.05) is 22.6 Å². The van der Waals surface area contributed by atoms with Crippen LogP contribution in [0, 0.1) is 4.77 Å². The van der Waals surface area contributed by atoms with Crippen LogP contribution in [0.1, 0.15) is 27.2 Å². The molecule has 0 radical (unpaired) electrons. The lowest BCUT2D eigenvalue weighted by molar-refractivity contribution is 0.0955. The van der Waals surface area contributed by atoms with Gasteiger partial charge in [-0.1, -0.05) is 41.9 Å². The van der Waals surface area contributed by atoms with E-state index in [1.807, 2.05) is 18.2 Å². The van der Waals surface area contributed by atoms with Crippen LogP contribution in [0.2, 0.25) is 5.02 Å². The molecule has 1 aromatic heterocycles. The van der Waals surface area contributed by atoms with Crippen LogP contribution in [0.4, 0.5) is 0 Å². The van der Waals surface area contributed by atoms with Crippen LogP contribution in [0.25, 0.3) is 0 Å². The first-order valence-electron chi connectivity index (χ1n) is 8.01. The van der Waals surface area contributed by atoms with E-state index in [1.54, 1.807) is 36.4 Å². The average Bonchev–Trinajstić information content (AvgIpc) is 2.66. The van der Waals surface area contributed by atoms with Crippen molar-refractivity contribution in [3.8, 4) is 0 Å². The number of amides is 1. The van der Waals surface area contributed by atoms with Gasteiger partial charge in [0.2, 0.25) is 0 Å². The Morgan fingerprint density at radius 2 is 1.81 bits per heavy atom. The summed E-state index contributed by atoms with van der Waals surface area (Å²) in [4.78, 5) is 29.8. The Kier molecular flexibility index (Phi) is 5.95. The summed E-state index contributed by atoms with van der Waals surface area (Å²) in [6.07, 6.45) is 1.73. The van der Waals surface area contributed by atoms with E-state index < -0.39 is 0 Å². The van der Waals surface area contributed by atoms with Crippen molar-refractivity contribution < 1.29 is 4.79 Å². The minimum Gasteiger partial charge on any atom is -0.331 e. The number of halogens is 1. The van der Waals surface area contributed by atoms with Crippen molar-refractivity contribution in [3.05, 3.63) is 97.1 Å². The average molecular weight is 399 g/mol. The fourth-order valence-electron chi connectivity index (χ4n) is 2.43. The highest BCUT2D eigenvalue weighted by Crippen LogP contribution is 2.13. The van der Waals surface area contributed by atoms with Crippen LogP contribution in [-0.2, 0) is 6.42 Å². The van der Waals surface area contributed by atoms with Crippen molar-refractivity contribution in [2.75, 3.05) is 0 Å². The van der Waals surface area contributed by atoms with Gasteiger partial charge in [-0.2, -0.15) is 5.10 Å². The molecule has 0 atom stereocenters. The molecule has 0 spiro atoms. The Labute approximate surface area is 164 Å². The van der Waals surface area contributed by atoms with Gasteiger partial charge in [0.05, 0.1) is 11.9 Å². The first kappa shape index (κ1) is 18.8. The lowest BCUT2D eigenvalue weighted by Crippen LogP contribution is -2.20. The van der Waals surface area contributed by atoms with Gasteiger partial charge in [-0.15, -0.1) is 0 Å². The van der Waals surface area contributed by atoms with Crippen LogP contribution in [-0.4, -0.2) is 22.1 Å².